The van der Waals surface area contributed by atoms with Gasteiger partial charge in [0.2, 0.25) is 5.91 Å². The van der Waals surface area contributed by atoms with Crippen molar-refractivity contribution in [2.45, 2.75) is 26.0 Å². The third-order valence-electron chi connectivity index (χ3n) is 4.90. The van der Waals surface area contributed by atoms with Crippen LogP contribution in [0.25, 0.3) is 0 Å². The fourth-order valence-electron chi connectivity index (χ4n) is 3.69. The Balaban J connectivity index is 1.77. The lowest BCUT2D eigenvalue weighted by atomic mass is 9.78. The first-order chi connectivity index (χ1) is 12.3. The van der Waals surface area contributed by atoms with Gasteiger partial charge in [0.05, 0.1) is 21.6 Å². The molecule has 1 amide bonds. The van der Waals surface area contributed by atoms with Crippen molar-refractivity contribution in [3.63, 3.8) is 0 Å². The number of allylic oxidation sites excluding steroid dienone is 1. The minimum atomic E-state index is -1.13. The Bertz CT molecular complexity index is 801. The number of carbonyl (C=O) groups is 2. The lowest BCUT2D eigenvalue weighted by molar-refractivity contribution is -0.163. The maximum absolute atomic E-state index is 12.3. The highest BCUT2D eigenvalue weighted by Crippen LogP contribution is 2.47. The average Bonchev–Trinajstić information content (AvgIpc) is 2.82. The summed E-state index contributed by atoms with van der Waals surface area (Å²) in [6.07, 6.45) is 2.67. The number of nitrogens with zero attached hydrogens (tertiary/aromatic N) is 1. The summed E-state index contributed by atoms with van der Waals surface area (Å²) in [4.78, 5) is 25.3. The Morgan fingerprint density at radius 2 is 2.12 bits per heavy atom. The van der Waals surface area contributed by atoms with Gasteiger partial charge in [-0.25, -0.2) is 4.79 Å². The number of amides is 1. The first kappa shape index (κ1) is 18.9. The second-order valence-electron chi connectivity index (χ2n) is 6.51. The van der Waals surface area contributed by atoms with Crippen LogP contribution in [0.1, 0.15) is 13.8 Å². The van der Waals surface area contributed by atoms with Crippen LogP contribution in [0.5, 0.6) is 5.75 Å². The zero-order valence-electron chi connectivity index (χ0n) is 14.4. The molecule has 2 aliphatic rings. The quantitative estimate of drug-likeness (QED) is 0.494. The number of aliphatic carboxylic acids is 1. The molecule has 26 heavy (non-hydrogen) atoms. The Kier molecular flexibility index (Phi) is 5.38. The minimum Gasteiger partial charge on any atom is -0.488 e. The molecule has 1 fully saturated rings. The van der Waals surface area contributed by atoms with Gasteiger partial charge in [-0.2, -0.15) is 0 Å². The number of carboxylic acids is 1. The molecule has 2 aliphatic heterocycles. The standard InChI is InChI=1S/C19H20INO5/c1-10-12(6-5-9-26-14-8-4-3-7-13(14)20)17(19(24)25)21-16(10)15(11(2)22)18(21)23/h3-8,10-11,15-16,22H,9H2,1-2H3,(H,24,25)/b6-5+/t10-,11?,15?,16?/m0/s1. The van der Waals surface area contributed by atoms with E-state index in [0.717, 1.165) is 9.32 Å². The number of ether oxygens (including phenoxy) is 1. The number of hydrogen-bond acceptors (Lipinski definition) is 4. The van der Waals surface area contributed by atoms with Gasteiger partial charge >= 0.3 is 5.97 Å². The van der Waals surface area contributed by atoms with E-state index >= 15 is 0 Å². The van der Waals surface area contributed by atoms with E-state index in [1.54, 1.807) is 19.1 Å². The Morgan fingerprint density at radius 3 is 2.73 bits per heavy atom. The number of fused-ring (bicyclic) bond motifs is 1. The Hall–Kier alpha value is -1.87. The smallest absolute Gasteiger partial charge is 0.352 e. The second kappa shape index (κ2) is 7.40. The number of aliphatic hydroxyl groups is 1. The summed E-state index contributed by atoms with van der Waals surface area (Å²) in [5.74, 6) is -1.40. The number of β-lactam (4-membered cyclic amide) rings is 1. The fraction of sp³-hybridized carbons (Fsp3) is 0.368. The molecule has 1 aromatic carbocycles. The van der Waals surface area contributed by atoms with Crippen LogP contribution >= 0.6 is 22.6 Å². The van der Waals surface area contributed by atoms with Crippen LogP contribution in [0.2, 0.25) is 0 Å². The van der Waals surface area contributed by atoms with E-state index in [9.17, 15) is 19.8 Å². The molecule has 0 spiro atoms. The average molecular weight is 469 g/mol. The van der Waals surface area contributed by atoms with Crippen LogP contribution < -0.4 is 4.74 Å². The molecule has 6 nitrogen and oxygen atoms in total. The van der Waals surface area contributed by atoms with Gasteiger partial charge in [0, 0.05) is 5.92 Å². The number of halogens is 1. The Labute approximate surface area is 165 Å². The summed E-state index contributed by atoms with van der Waals surface area (Å²) in [5.41, 5.74) is 0.598. The van der Waals surface area contributed by atoms with Crippen molar-refractivity contribution in [2.24, 2.45) is 11.8 Å². The van der Waals surface area contributed by atoms with Crippen LogP contribution in [0, 0.1) is 15.4 Å². The number of carboxylic acid groups (broad SMARTS) is 1. The van der Waals surface area contributed by atoms with Crippen LogP contribution in [0.4, 0.5) is 0 Å². The van der Waals surface area contributed by atoms with E-state index in [1.165, 1.54) is 4.90 Å². The molecule has 138 valence electrons. The largest absolute Gasteiger partial charge is 0.488 e. The third kappa shape index (κ3) is 3.14. The molecule has 4 atom stereocenters. The maximum Gasteiger partial charge on any atom is 0.352 e. The number of aliphatic hydroxyl groups excluding tert-OH is 1. The van der Waals surface area contributed by atoms with Crippen LogP contribution in [0.15, 0.2) is 47.7 Å². The molecule has 3 unspecified atom stereocenters. The van der Waals surface area contributed by atoms with E-state index in [4.69, 9.17) is 4.74 Å². The molecule has 0 aromatic heterocycles. The predicted octanol–water partition coefficient (Wildman–Crippen LogP) is 2.42. The molecule has 1 saturated heterocycles. The van der Waals surface area contributed by atoms with Crippen LogP contribution in [-0.2, 0) is 9.59 Å². The fourth-order valence-corrected chi connectivity index (χ4v) is 4.23. The summed E-state index contributed by atoms with van der Waals surface area (Å²) < 4.78 is 6.69. The van der Waals surface area contributed by atoms with Crippen LogP contribution in [0.3, 0.4) is 0 Å². The van der Waals surface area contributed by atoms with Crippen molar-refractivity contribution in [1.29, 1.82) is 0 Å². The number of rotatable bonds is 6. The maximum atomic E-state index is 12.3. The highest BCUT2D eigenvalue weighted by Gasteiger charge is 2.59. The van der Waals surface area contributed by atoms with Gasteiger partial charge in [0.25, 0.3) is 0 Å². The first-order valence-corrected chi connectivity index (χ1v) is 9.45. The van der Waals surface area contributed by atoms with E-state index in [0.29, 0.717) is 12.2 Å². The van der Waals surface area contributed by atoms with Gasteiger partial charge in [0.1, 0.15) is 18.1 Å². The topological polar surface area (TPSA) is 87.1 Å². The highest BCUT2D eigenvalue weighted by molar-refractivity contribution is 14.1. The monoisotopic (exact) mass is 469 g/mol. The predicted molar refractivity (Wildman–Crippen MR) is 103 cm³/mol. The van der Waals surface area contributed by atoms with Crippen molar-refractivity contribution < 1.29 is 24.5 Å². The molecular formula is C19H20INO5. The number of benzene rings is 1. The first-order valence-electron chi connectivity index (χ1n) is 8.37. The van der Waals surface area contributed by atoms with Gasteiger partial charge in [-0.05, 0) is 53.3 Å². The summed E-state index contributed by atoms with van der Waals surface area (Å²) in [6.45, 7) is 3.74. The third-order valence-corrected chi connectivity index (χ3v) is 5.79. The van der Waals surface area contributed by atoms with Crippen molar-refractivity contribution in [2.75, 3.05) is 6.61 Å². The van der Waals surface area contributed by atoms with Gasteiger partial charge in [-0.15, -0.1) is 0 Å². The van der Waals surface area contributed by atoms with E-state index < -0.39 is 18.0 Å². The SMILES string of the molecule is CC(O)C1C(=O)N2C(C(=O)O)=C(/C=C/COc3ccccc3I)[C@H](C)C12. The lowest BCUT2D eigenvalue weighted by Crippen LogP contribution is -2.63. The summed E-state index contributed by atoms with van der Waals surface area (Å²) in [5, 5.41) is 19.4. The van der Waals surface area contributed by atoms with Crippen LogP contribution in [-0.4, -0.2) is 45.7 Å². The normalized spacial score (nSPS) is 26.1. The molecule has 2 heterocycles. The van der Waals surface area contributed by atoms with Gasteiger partial charge in [-0.1, -0.05) is 25.1 Å². The molecule has 1 aromatic rings. The van der Waals surface area contributed by atoms with Crippen molar-refractivity contribution in [1.82, 2.24) is 4.90 Å². The van der Waals surface area contributed by atoms with E-state index in [-0.39, 0.29) is 23.6 Å². The highest BCUT2D eigenvalue weighted by atomic mass is 127. The molecule has 3 rings (SSSR count). The zero-order valence-corrected chi connectivity index (χ0v) is 16.6. The van der Waals surface area contributed by atoms with Crippen molar-refractivity contribution in [3.8, 4) is 5.75 Å². The number of para-hydroxylation sites is 1. The summed E-state index contributed by atoms with van der Waals surface area (Å²) in [7, 11) is 0. The van der Waals surface area contributed by atoms with E-state index in [2.05, 4.69) is 22.6 Å². The van der Waals surface area contributed by atoms with Gasteiger partial charge in [0.15, 0.2) is 0 Å². The van der Waals surface area contributed by atoms with Crippen molar-refractivity contribution >= 4 is 34.5 Å². The Morgan fingerprint density at radius 1 is 1.42 bits per heavy atom. The zero-order chi connectivity index (χ0) is 19.0. The minimum absolute atomic E-state index is 0.00921. The lowest BCUT2D eigenvalue weighted by Gasteiger charge is -2.46. The molecule has 7 heteroatoms. The summed E-state index contributed by atoms with van der Waals surface area (Å²) in [6, 6.07) is 7.32. The molecule has 0 aliphatic carbocycles. The molecule has 0 bridgehead atoms. The molecule has 0 saturated carbocycles. The molecule has 2 N–H and O–H groups in total. The van der Waals surface area contributed by atoms with Crippen molar-refractivity contribution in [3.05, 3.63) is 51.3 Å². The number of hydrogen-bond donors (Lipinski definition) is 2. The van der Waals surface area contributed by atoms with Gasteiger partial charge < -0.3 is 19.8 Å². The van der Waals surface area contributed by atoms with Gasteiger partial charge in [-0.3, -0.25) is 4.79 Å². The van der Waals surface area contributed by atoms with E-state index in [1.807, 2.05) is 31.2 Å². The second-order valence-corrected chi connectivity index (χ2v) is 7.67. The molecule has 0 radical (unpaired) electrons. The number of carbonyl (C=O) groups excluding carboxylic acids is 1. The molecular weight excluding hydrogens is 449 g/mol. The summed E-state index contributed by atoms with van der Waals surface area (Å²) >= 11 is 2.19.